The van der Waals surface area contributed by atoms with Crippen LogP contribution in [-0.4, -0.2) is 0 Å². The first-order valence-electron chi connectivity index (χ1n) is 27.0. The van der Waals surface area contributed by atoms with Gasteiger partial charge in [-0.25, -0.2) is 8.78 Å². The molecule has 0 atom stereocenters. The summed E-state index contributed by atoms with van der Waals surface area (Å²) in [4.78, 5) is 4.27. The Bertz CT molecular complexity index is 3830. The number of anilines is 6. The van der Waals surface area contributed by atoms with Gasteiger partial charge in [0.1, 0.15) is 11.6 Å². The van der Waals surface area contributed by atoms with Crippen LogP contribution in [0.5, 0.6) is 0 Å². The van der Waals surface area contributed by atoms with Crippen molar-refractivity contribution in [3.05, 3.63) is 261 Å². The van der Waals surface area contributed by atoms with Gasteiger partial charge >= 0.3 is 0 Å². The number of benzene rings is 12. The van der Waals surface area contributed by atoms with E-state index in [4.69, 9.17) is 0 Å². The summed E-state index contributed by atoms with van der Waals surface area (Å²) >= 11 is 0. The molecule has 0 saturated heterocycles. The third-order valence-electron chi connectivity index (χ3n) is 15.5. The minimum absolute atomic E-state index is 0.313. The minimum atomic E-state index is -0.313. The molecule has 0 spiro atoms. The van der Waals surface area contributed by atoms with Gasteiger partial charge in [-0.05, 0) is 207 Å². The van der Waals surface area contributed by atoms with Crippen molar-refractivity contribution < 1.29 is 8.78 Å². The predicted octanol–water partition coefficient (Wildman–Crippen LogP) is 21.6. The lowest BCUT2D eigenvalue weighted by Crippen LogP contribution is -2.15. The largest absolute Gasteiger partial charge is 0.307 e. The van der Waals surface area contributed by atoms with E-state index < -0.39 is 0 Å². The summed E-state index contributed by atoms with van der Waals surface area (Å²) in [5.74, 6) is -0.626. The van der Waals surface area contributed by atoms with Crippen LogP contribution in [0.1, 0.15) is 55.6 Å². The van der Waals surface area contributed by atoms with E-state index in [0.717, 1.165) is 111 Å². The molecule has 0 heterocycles. The summed E-state index contributed by atoms with van der Waals surface area (Å²) in [5, 5.41) is 6.14. The first-order valence-corrected chi connectivity index (χ1v) is 27.0. The van der Waals surface area contributed by atoms with Crippen LogP contribution in [0.2, 0.25) is 0 Å². The fraction of sp³-hybridized carbons (Fsp3) is 0.135. The molecule has 4 heteroatoms. The van der Waals surface area contributed by atoms with Gasteiger partial charge in [0.15, 0.2) is 0 Å². The quantitative estimate of drug-likeness (QED) is 0.126. The SMILES string of the molecule is Cc1cc(C)cc(-c2cc(-c3cc(C)cc(C)c3)cc(N(c3c(C)cccc3F)c3ccc4ccc5c(N(c6cc(-c7cc(C)cc(C)c7)cc(-c7cc(C)cc(C)c7)c6)c6c(C)cccc6F)ccc6ccc3c4c65)c2)c1. The van der Waals surface area contributed by atoms with Crippen molar-refractivity contribution in [3.8, 4) is 44.5 Å². The van der Waals surface area contributed by atoms with E-state index in [9.17, 15) is 0 Å². The van der Waals surface area contributed by atoms with Crippen molar-refractivity contribution >= 4 is 66.4 Å². The molecule has 0 N–H and O–H groups in total. The lowest BCUT2D eigenvalue weighted by molar-refractivity contribution is 0.627. The molecule has 78 heavy (non-hydrogen) atoms. The highest BCUT2D eigenvalue weighted by molar-refractivity contribution is 6.28. The van der Waals surface area contributed by atoms with Gasteiger partial charge in [0.25, 0.3) is 0 Å². The predicted molar refractivity (Wildman–Crippen MR) is 329 cm³/mol. The maximum atomic E-state index is 17.1. The highest BCUT2D eigenvalue weighted by Crippen LogP contribution is 2.51. The highest BCUT2D eigenvalue weighted by Gasteiger charge is 2.27. The summed E-state index contributed by atoms with van der Waals surface area (Å²) in [6, 6.07) is 68.2. The smallest absolute Gasteiger partial charge is 0.147 e. The van der Waals surface area contributed by atoms with Crippen molar-refractivity contribution in [2.75, 3.05) is 9.80 Å². The molecule has 0 aliphatic rings. The molecular weight excluding hydrogens is 955 g/mol. The van der Waals surface area contributed by atoms with E-state index in [0.29, 0.717) is 11.4 Å². The Kier molecular flexibility index (Phi) is 12.6. The van der Waals surface area contributed by atoms with E-state index in [-0.39, 0.29) is 11.6 Å². The lowest BCUT2D eigenvalue weighted by atomic mass is 9.90. The Labute approximate surface area is 457 Å². The van der Waals surface area contributed by atoms with Crippen LogP contribution in [-0.2, 0) is 0 Å². The van der Waals surface area contributed by atoms with E-state index >= 15 is 8.78 Å². The Morgan fingerprint density at radius 2 is 0.538 bits per heavy atom. The molecule has 0 radical (unpaired) electrons. The number of rotatable bonds is 10. The second kappa shape index (κ2) is 19.6. The highest BCUT2D eigenvalue weighted by atomic mass is 19.1. The molecule has 12 rings (SSSR count). The lowest BCUT2D eigenvalue weighted by Gasteiger charge is -2.31. The third kappa shape index (κ3) is 9.15. The van der Waals surface area contributed by atoms with Crippen LogP contribution in [0, 0.1) is 80.9 Å². The summed E-state index contributed by atoms with van der Waals surface area (Å²) in [7, 11) is 0. The van der Waals surface area contributed by atoms with Crippen LogP contribution in [0.4, 0.5) is 42.9 Å². The summed E-state index contributed by atoms with van der Waals surface area (Å²) in [5.41, 5.74) is 24.0. The van der Waals surface area contributed by atoms with Crippen LogP contribution in [0.15, 0.2) is 194 Å². The number of hydrogen-bond acceptors (Lipinski definition) is 2. The zero-order valence-corrected chi connectivity index (χ0v) is 46.1. The number of hydrogen-bond donors (Lipinski definition) is 0. The van der Waals surface area contributed by atoms with E-state index in [1.807, 2.05) is 26.0 Å². The van der Waals surface area contributed by atoms with Crippen molar-refractivity contribution in [2.45, 2.75) is 69.2 Å². The number of nitrogens with zero attached hydrogens (tertiary/aromatic N) is 2. The van der Waals surface area contributed by atoms with Gasteiger partial charge in [0.2, 0.25) is 0 Å². The molecule has 0 unspecified atom stereocenters. The van der Waals surface area contributed by atoms with E-state index in [1.165, 1.54) is 44.5 Å². The maximum absolute atomic E-state index is 17.1. The van der Waals surface area contributed by atoms with Crippen molar-refractivity contribution in [2.24, 2.45) is 0 Å². The van der Waals surface area contributed by atoms with E-state index in [2.05, 4.69) is 223 Å². The van der Waals surface area contributed by atoms with Gasteiger partial charge < -0.3 is 9.80 Å². The van der Waals surface area contributed by atoms with Gasteiger partial charge in [0, 0.05) is 22.1 Å². The van der Waals surface area contributed by atoms with Crippen LogP contribution < -0.4 is 9.80 Å². The van der Waals surface area contributed by atoms with Crippen LogP contribution in [0.3, 0.4) is 0 Å². The molecule has 0 fully saturated rings. The fourth-order valence-electron chi connectivity index (χ4n) is 12.5. The van der Waals surface area contributed by atoms with Gasteiger partial charge in [-0.2, -0.15) is 0 Å². The van der Waals surface area contributed by atoms with Gasteiger partial charge in [-0.3, -0.25) is 0 Å². The Morgan fingerprint density at radius 3 is 0.821 bits per heavy atom. The molecule has 0 aliphatic heterocycles. The summed E-state index contributed by atoms with van der Waals surface area (Å²) in [6.07, 6.45) is 0. The first kappa shape index (κ1) is 50.0. The first-order chi connectivity index (χ1) is 37.5. The molecule has 0 amide bonds. The maximum Gasteiger partial charge on any atom is 0.147 e. The Balaban J connectivity index is 1.14. The average molecular weight is 1020 g/mol. The van der Waals surface area contributed by atoms with Crippen LogP contribution in [0.25, 0.3) is 76.8 Å². The molecule has 2 nitrogen and oxygen atoms in total. The zero-order valence-electron chi connectivity index (χ0n) is 46.1. The topological polar surface area (TPSA) is 6.48 Å². The monoisotopic (exact) mass is 1020 g/mol. The van der Waals surface area contributed by atoms with Crippen LogP contribution >= 0.6 is 0 Å². The van der Waals surface area contributed by atoms with Crippen molar-refractivity contribution in [1.29, 1.82) is 0 Å². The molecule has 0 aliphatic carbocycles. The molecule has 12 aromatic carbocycles. The number of para-hydroxylation sites is 2. The van der Waals surface area contributed by atoms with E-state index in [1.54, 1.807) is 24.3 Å². The zero-order chi connectivity index (χ0) is 54.3. The van der Waals surface area contributed by atoms with Gasteiger partial charge in [-0.15, -0.1) is 0 Å². The molecule has 0 aromatic heterocycles. The normalized spacial score (nSPS) is 11.6. The minimum Gasteiger partial charge on any atom is -0.307 e. The second-order valence-corrected chi connectivity index (χ2v) is 22.1. The van der Waals surface area contributed by atoms with Gasteiger partial charge in [0.05, 0.1) is 22.7 Å². The number of aryl methyl sites for hydroxylation is 10. The number of halogens is 2. The summed E-state index contributed by atoms with van der Waals surface area (Å²) in [6.45, 7) is 21.1. The molecule has 0 saturated carbocycles. The standard InChI is InChI=1S/C74H62F2N2/c1-43-25-44(2)30-55(29-43)59-37-60(56-31-45(3)26-46(4)32-56)40-63(39-59)77(73-51(9)13-11-15-67(73)75)69-23-19-53-18-22-66-70(24-20-54-17-21-65(69)71(53)72(54)66)78(74-52(10)14-12-16-68(74)76)64-41-61(57-33-47(5)27-48(6)34-57)38-62(42-64)58-35-49(7)28-50(8)36-58/h11-42H,1-10H3. The second-order valence-electron chi connectivity index (χ2n) is 22.1. The fourth-order valence-corrected chi connectivity index (χ4v) is 12.5. The average Bonchev–Trinajstić information content (AvgIpc) is 3.39. The molecular formula is C74H62F2N2. The molecule has 382 valence electrons. The Morgan fingerprint density at radius 1 is 0.269 bits per heavy atom. The van der Waals surface area contributed by atoms with Gasteiger partial charge in [-0.1, -0.05) is 178 Å². The third-order valence-corrected chi connectivity index (χ3v) is 15.5. The van der Waals surface area contributed by atoms with Crippen molar-refractivity contribution in [3.63, 3.8) is 0 Å². The molecule has 0 bridgehead atoms. The van der Waals surface area contributed by atoms with Crippen molar-refractivity contribution in [1.82, 2.24) is 0 Å². The molecule has 12 aromatic rings. The summed E-state index contributed by atoms with van der Waals surface area (Å²) < 4.78 is 34.3. The Hall–Kier alpha value is -8.86.